The van der Waals surface area contributed by atoms with Crippen molar-refractivity contribution in [3.8, 4) is 33.6 Å². The van der Waals surface area contributed by atoms with Crippen molar-refractivity contribution in [3.05, 3.63) is 198 Å². The number of rotatable bonds is 4. The van der Waals surface area contributed by atoms with E-state index in [0.29, 0.717) is 0 Å². The highest BCUT2D eigenvalue weighted by Gasteiger charge is 2.35. The fourth-order valence-electron chi connectivity index (χ4n) is 7.90. The van der Waals surface area contributed by atoms with Crippen LogP contribution in [0, 0.1) is 0 Å². The van der Waals surface area contributed by atoms with E-state index >= 15 is 0 Å². The molecular weight excluding hydrogens is 619 g/mol. The standard InChI is InChI=1S/C48H33N3/c1-51-45-14-8-6-12-40(45)46(34-10-3-2-4-11-34)41-26-23-35-25-28-44(50-47(35)48(41)51)39-22-21-37-29-36(19-20-38(37)30-39)31-15-17-33(18-16-31)43-27-24-32-9-5-7-13-42(32)49-43/h2-30,48H,1H3. The minimum absolute atomic E-state index is 0.0153. The van der Waals surface area contributed by atoms with Gasteiger partial charge in [-0.05, 0) is 80.6 Å². The summed E-state index contributed by atoms with van der Waals surface area (Å²) in [6, 6.07) is 58.6. The molecule has 2 aromatic heterocycles. The molecule has 0 fully saturated rings. The van der Waals surface area contributed by atoms with E-state index in [0.717, 1.165) is 39.1 Å². The van der Waals surface area contributed by atoms with Gasteiger partial charge in [-0.2, -0.15) is 0 Å². The monoisotopic (exact) mass is 651 g/mol. The lowest BCUT2D eigenvalue weighted by molar-refractivity contribution is 0.740. The number of para-hydroxylation sites is 2. The molecule has 8 aromatic rings. The molecule has 10 rings (SSSR count). The largest absolute Gasteiger partial charge is 0.361 e. The Kier molecular flexibility index (Phi) is 6.78. The SMILES string of the molecule is CN1c2ccccc2C(c2ccccc2)=C2C=Cc3ccc(-c4ccc5cc(-c6ccc(-c7ccc8ccccc8n7)cc6)ccc5c4)nc3C21. The zero-order chi connectivity index (χ0) is 33.9. The molecule has 3 heteroatoms. The topological polar surface area (TPSA) is 29.0 Å². The molecule has 0 bridgehead atoms. The number of anilines is 1. The Morgan fingerprint density at radius 2 is 1.12 bits per heavy atom. The van der Waals surface area contributed by atoms with E-state index in [-0.39, 0.29) is 6.04 Å². The van der Waals surface area contributed by atoms with Crippen molar-refractivity contribution in [2.24, 2.45) is 0 Å². The number of likely N-dealkylation sites (N-methyl/N-ethyl adjacent to an activating group) is 1. The molecule has 0 saturated carbocycles. The maximum atomic E-state index is 5.41. The van der Waals surface area contributed by atoms with Gasteiger partial charge in [0.2, 0.25) is 0 Å². The minimum atomic E-state index is 0.0153. The summed E-state index contributed by atoms with van der Waals surface area (Å²) < 4.78 is 0. The smallest absolute Gasteiger partial charge is 0.0975 e. The Morgan fingerprint density at radius 1 is 0.471 bits per heavy atom. The molecule has 0 amide bonds. The van der Waals surface area contributed by atoms with Crippen LogP contribution in [0.2, 0.25) is 0 Å². The van der Waals surface area contributed by atoms with Crippen LogP contribution in [0.25, 0.3) is 67.0 Å². The average molecular weight is 652 g/mol. The Morgan fingerprint density at radius 3 is 1.98 bits per heavy atom. The van der Waals surface area contributed by atoms with Crippen molar-refractivity contribution >= 4 is 39.0 Å². The van der Waals surface area contributed by atoms with Gasteiger partial charge in [-0.25, -0.2) is 9.97 Å². The van der Waals surface area contributed by atoms with Crippen LogP contribution in [0.15, 0.2) is 175 Å². The van der Waals surface area contributed by atoms with Crippen molar-refractivity contribution in [2.75, 3.05) is 11.9 Å². The van der Waals surface area contributed by atoms with Crippen LogP contribution < -0.4 is 4.90 Å². The summed E-state index contributed by atoms with van der Waals surface area (Å²) >= 11 is 0. The predicted octanol–water partition coefficient (Wildman–Crippen LogP) is 11.8. The fourth-order valence-corrected chi connectivity index (χ4v) is 7.90. The third-order valence-electron chi connectivity index (χ3n) is 10.5. The van der Waals surface area contributed by atoms with Gasteiger partial charge in [0.25, 0.3) is 0 Å². The zero-order valence-electron chi connectivity index (χ0n) is 28.2. The molecule has 0 spiro atoms. The number of benzene rings is 6. The number of hydrogen-bond acceptors (Lipinski definition) is 3. The number of pyridine rings is 2. The van der Waals surface area contributed by atoms with Gasteiger partial charge in [0.05, 0.1) is 28.6 Å². The number of hydrogen-bond donors (Lipinski definition) is 0. The van der Waals surface area contributed by atoms with E-state index < -0.39 is 0 Å². The Balaban J connectivity index is 0.980. The fraction of sp³-hybridized carbons (Fsp3) is 0.0417. The lowest BCUT2D eigenvalue weighted by atomic mass is 9.80. The molecule has 3 heterocycles. The summed E-state index contributed by atoms with van der Waals surface area (Å²) in [6.07, 6.45) is 4.53. The van der Waals surface area contributed by atoms with E-state index in [1.807, 2.05) is 12.1 Å². The number of aromatic nitrogens is 2. The first kappa shape index (κ1) is 29.3. The van der Waals surface area contributed by atoms with E-state index in [1.165, 1.54) is 55.4 Å². The molecule has 1 atom stereocenters. The van der Waals surface area contributed by atoms with Gasteiger partial charge in [-0.15, -0.1) is 0 Å². The molecule has 0 N–H and O–H groups in total. The first-order valence-corrected chi connectivity index (χ1v) is 17.5. The lowest BCUT2D eigenvalue weighted by Gasteiger charge is -2.40. The molecule has 3 nitrogen and oxygen atoms in total. The molecule has 1 aliphatic heterocycles. The maximum absolute atomic E-state index is 5.41. The average Bonchev–Trinajstić information content (AvgIpc) is 3.20. The summed E-state index contributed by atoms with van der Waals surface area (Å²) in [5.41, 5.74) is 16.1. The van der Waals surface area contributed by atoms with Crippen LogP contribution in [0.5, 0.6) is 0 Å². The van der Waals surface area contributed by atoms with Crippen LogP contribution in [-0.4, -0.2) is 17.0 Å². The van der Waals surface area contributed by atoms with Crippen LogP contribution in [0.3, 0.4) is 0 Å². The molecule has 1 aliphatic carbocycles. The van der Waals surface area contributed by atoms with Crippen LogP contribution in [0.1, 0.15) is 28.4 Å². The van der Waals surface area contributed by atoms with Crippen LogP contribution >= 0.6 is 0 Å². The molecular formula is C48H33N3. The highest BCUT2D eigenvalue weighted by molar-refractivity contribution is 5.95. The minimum Gasteiger partial charge on any atom is -0.361 e. The quantitative estimate of drug-likeness (QED) is 0.190. The van der Waals surface area contributed by atoms with Crippen molar-refractivity contribution in [2.45, 2.75) is 6.04 Å². The van der Waals surface area contributed by atoms with Crippen molar-refractivity contribution in [3.63, 3.8) is 0 Å². The van der Waals surface area contributed by atoms with Crippen molar-refractivity contribution < 1.29 is 0 Å². The van der Waals surface area contributed by atoms with Gasteiger partial charge >= 0.3 is 0 Å². The molecule has 0 radical (unpaired) electrons. The summed E-state index contributed by atoms with van der Waals surface area (Å²) in [6.45, 7) is 0. The third-order valence-corrected chi connectivity index (χ3v) is 10.5. The molecule has 1 unspecified atom stereocenters. The first-order valence-electron chi connectivity index (χ1n) is 17.5. The van der Waals surface area contributed by atoms with Gasteiger partial charge in [-0.3, -0.25) is 0 Å². The van der Waals surface area contributed by atoms with Gasteiger partial charge < -0.3 is 4.90 Å². The Hall–Kier alpha value is -6.58. The molecule has 2 aliphatic rings. The molecule has 6 aromatic carbocycles. The van der Waals surface area contributed by atoms with Gasteiger partial charge in [0, 0.05) is 34.8 Å². The highest BCUT2D eigenvalue weighted by Crippen LogP contribution is 2.49. The van der Waals surface area contributed by atoms with Gasteiger partial charge in [0.15, 0.2) is 0 Å². The van der Waals surface area contributed by atoms with Crippen molar-refractivity contribution in [1.29, 1.82) is 0 Å². The highest BCUT2D eigenvalue weighted by atomic mass is 15.2. The van der Waals surface area contributed by atoms with Crippen LogP contribution in [0.4, 0.5) is 5.69 Å². The summed E-state index contributed by atoms with van der Waals surface area (Å²) in [4.78, 5) is 12.7. The second-order valence-electron chi connectivity index (χ2n) is 13.5. The summed E-state index contributed by atoms with van der Waals surface area (Å²) in [7, 11) is 2.20. The van der Waals surface area contributed by atoms with Gasteiger partial charge in [0.1, 0.15) is 0 Å². The third kappa shape index (κ3) is 4.97. The lowest BCUT2D eigenvalue weighted by Crippen LogP contribution is -2.32. The normalized spacial score (nSPS) is 14.8. The Labute approximate surface area is 297 Å². The molecule has 240 valence electrons. The second kappa shape index (κ2) is 11.8. The van der Waals surface area contributed by atoms with E-state index in [9.17, 15) is 0 Å². The molecule has 0 saturated heterocycles. The van der Waals surface area contributed by atoms with Crippen LogP contribution in [-0.2, 0) is 0 Å². The van der Waals surface area contributed by atoms with E-state index in [1.54, 1.807) is 0 Å². The Bertz CT molecular complexity index is 2700. The molecule has 51 heavy (non-hydrogen) atoms. The summed E-state index contributed by atoms with van der Waals surface area (Å²) in [5, 5.41) is 3.56. The van der Waals surface area contributed by atoms with Crippen molar-refractivity contribution in [1.82, 2.24) is 9.97 Å². The zero-order valence-corrected chi connectivity index (χ0v) is 28.2. The number of nitrogens with zero attached hydrogens (tertiary/aromatic N) is 3. The predicted molar refractivity (Wildman–Crippen MR) is 212 cm³/mol. The van der Waals surface area contributed by atoms with Gasteiger partial charge in [-0.1, -0.05) is 140 Å². The first-order chi connectivity index (χ1) is 25.2. The number of fused-ring (bicyclic) bond motifs is 6. The second-order valence-corrected chi connectivity index (χ2v) is 13.5. The van der Waals surface area contributed by atoms with E-state index in [2.05, 4.69) is 176 Å². The maximum Gasteiger partial charge on any atom is 0.0975 e. The summed E-state index contributed by atoms with van der Waals surface area (Å²) in [5.74, 6) is 0. The van der Waals surface area contributed by atoms with E-state index in [4.69, 9.17) is 9.97 Å².